The Bertz CT molecular complexity index is 433. The van der Waals surface area contributed by atoms with Gasteiger partial charge >= 0.3 is 0 Å². The molecule has 0 saturated heterocycles. The smallest absolute Gasteiger partial charge is 0.142 e. The second-order valence-electron chi connectivity index (χ2n) is 5.06. The minimum absolute atomic E-state index is 0.473. The van der Waals surface area contributed by atoms with Gasteiger partial charge in [0.25, 0.3) is 0 Å². The summed E-state index contributed by atoms with van der Waals surface area (Å²) < 4.78 is 10.2. The van der Waals surface area contributed by atoms with Gasteiger partial charge in [-0.3, -0.25) is 4.90 Å². The summed E-state index contributed by atoms with van der Waals surface area (Å²) in [7, 11) is 3.36. The van der Waals surface area contributed by atoms with Gasteiger partial charge in [0.1, 0.15) is 5.54 Å². The Balaban J connectivity index is 2.75. The SMILES string of the molecule is COCCCN(CCOC)CC(N)(C#N)c1ccccc1. The van der Waals surface area contributed by atoms with Crippen LogP contribution in [0.4, 0.5) is 0 Å². The first kappa shape index (κ1) is 17.6. The molecular formula is C16H25N3O2. The Labute approximate surface area is 127 Å². The monoisotopic (exact) mass is 291 g/mol. The first-order chi connectivity index (χ1) is 10.2. The van der Waals surface area contributed by atoms with Gasteiger partial charge in [0, 0.05) is 40.5 Å². The van der Waals surface area contributed by atoms with Crippen molar-refractivity contribution in [3.8, 4) is 6.07 Å². The highest BCUT2D eigenvalue weighted by molar-refractivity contribution is 5.31. The topological polar surface area (TPSA) is 71.5 Å². The Morgan fingerprint density at radius 3 is 2.38 bits per heavy atom. The first-order valence-corrected chi connectivity index (χ1v) is 7.12. The highest BCUT2D eigenvalue weighted by Crippen LogP contribution is 2.19. The van der Waals surface area contributed by atoms with Gasteiger partial charge in [-0.2, -0.15) is 5.26 Å². The van der Waals surface area contributed by atoms with E-state index in [4.69, 9.17) is 15.2 Å². The van der Waals surface area contributed by atoms with Crippen LogP contribution in [0.3, 0.4) is 0 Å². The number of nitrogens with two attached hydrogens (primary N) is 1. The van der Waals surface area contributed by atoms with Crippen LogP contribution >= 0.6 is 0 Å². The molecule has 0 aliphatic heterocycles. The molecule has 0 bridgehead atoms. The molecule has 0 fully saturated rings. The summed E-state index contributed by atoms with van der Waals surface area (Å²) in [4.78, 5) is 2.15. The molecule has 116 valence electrons. The summed E-state index contributed by atoms with van der Waals surface area (Å²) in [6.45, 7) is 3.35. The van der Waals surface area contributed by atoms with Crippen LogP contribution in [0.25, 0.3) is 0 Å². The Morgan fingerprint density at radius 2 is 1.81 bits per heavy atom. The molecule has 0 aromatic heterocycles. The lowest BCUT2D eigenvalue weighted by Crippen LogP contribution is -2.48. The third-order valence-corrected chi connectivity index (χ3v) is 3.40. The van der Waals surface area contributed by atoms with Crippen LogP contribution in [-0.4, -0.2) is 52.0 Å². The first-order valence-electron chi connectivity index (χ1n) is 7.12. The summed E-state index contributed by atoms with van der Waals surface area (Å²) in [5.41, 5.74) is 6.14. The van der Waals surface area contributed by atoms with Gasteiger partial charge in [0.15, 0.2) is 0 Å². The van der Waals surface area contributed by atoms with E-state index in [1.165, 1.54) is 0 Å². The van der Waals surface area contributed by atoms with Crippen LogP contribution in [0.15, 0.2) is 30.3 Å². The highest BCUT2D eigenvalue weighted by Gasteiger charge is 2.29. The molecule has 2 N–H and O–H groups in total. The van der Waals surface area contributed by atoms with Crippen molar-refractivity contribution in [3.05, 3.63) is 35.9 Å². The average Bonchev–Trinajstić information content (AvgIpc) is 2.53. The zero-order chi connectivity index (χ0) is 15.6. The maximum atomic E-state index is 9.53. The number of hydrogen-bond donors (Lipinski definition) is 1. The Kier molecular flexibility index (Phi) is 7.95. The Morgan fingerprint density at radius 1 is 1.14 bits per heavy atom. The van der Waals surface area contributed by atoms with Crippen molar-refractivity contribution in [1.82, 2.24) is 4.90 Å². The minimum Gasteiger partial charge on any atom is -0.385 e. The van der Waals surface area contributed by atoms with E-state index >= 15 is 0 Å². The lowest BCUT2D eigenvalue weighted by Gasteiger charge is -2.30. The quantitative estimate of drug-likeness (QED) is 0.659. The minimum atomic E-state index is -1.01. The second-order valence-corrected chi connectivity index (χ2v) is 5.06. The number of nitrogens with zero attached hydrogens (tertiary/aromatic N) is 2. The van der Waals surface area contributed by atoms with Crippen LogP contribution in [0.2, 0.25) is 0 Å². The maximum absolute atomic E-state index is 9.53. The zero-order valence-corrected chi connectivity index (χ0v) is 12.9. The van der Waals surface area contributed by atoms with Gasteiger partial charge in [-0.25, -0.2) is 0 Å². The number of rotatable bonds is 10. The molecule has 0 amide bonds. The van der Waals surface area contributed by atoms with Gasteiger partial charge in [-0.05, 0) is 12.0 Å². The number of benzene rings is 1. The fourth-order valence-corrected chi connectivity index (χ4v) is 2.20. The molecule has 21 heavy (non-hydrogen) atoms. The second kappa shape index (κ2) is 9.48. The molecule has 0 spiro atoms. The van der Waals surface area contributed by atoms with Crippen LogP contribution < -0.4 is 5.73 Å². The molecule has 0 radical (unpaired) electrons. The molecular weight excluding hydrogens is 266 g/mol. The molecule has 0 heterocycles. The largest absolute Gasteiger partial charge is 0.385 e. The Hall–Kier alpha value is -1.45. The average molecular weight is 291 g/mol. The van der Waals surface area contributed by atoms with Crippen molar-refractivity contribution >= 4 is 0 Å². The summed E-state index contributed by atoms with van der Waals surface area (Å²) in [6.07, 6.45) is 0.899. The van der Waals surface area contributed by atoms with Crippen molar-refractivity contribution < 1.29 is 9.47 Å². The van der Waals surface area contributed by atoms with E-state index in [2.05, 4.69) is 11.0 Å². The summed E-state index contributed by atoms with van der Waals surface area (Å²) in [6, 6.07) is 11.8. The van der Waals surface area contributed by atoms with Crippen LogP contribution in [0.5, 0.6) is 0 Å². The predicted molar refractivity (Wildman–Crippen MR) is 82.7 cm³/mol. The van der Waals surface area contributed by atoms with E-state index in [-0.39, 0.29) is 0 Å². The van der Waals surface area contributed by atoms with Gasteiger partial charge in [-0.15, -0.1) is 0 Å². The number of ether oxygens (including phenoxy) is 2. The zero-order valence-electron chi connectivity index (χ0n) is 12.9. The standard InChI is InChI=1S/C16H25N3O2/c1-20-11-6-9-19(10-12-21-2)14-16(18,13-17)15-7-4-3-5-8-15/h3-5,7-8H,6,9-12,14,18H2,1-2H3. The number of nitriles is 1. The van der Waals surface area contributed by atoms with Crippen LogP contribution in [-0.2, 0) is 15.0 Å². The molecule has 5 heteroatoms. The van der Waals surface area contributed by atoms with Gasteiger partial charge < -0.3 is 15.2 Å². The summed E-state index contributed by atoms with van der Waals surface area (Å²) in [5, 5.41) is 9.53. The third kappa shape index (κ3) is 5.82. The molecule has 1 atom stereocenters. The summed E-state index contributed by atoms with van der Waals surface area (Å²) in [5.74, 6) is 0. The van der Waals surface area contributed by atoms with Crippen molar-refractivity contribution in [1.29, 1.82) is 5.26 Å². The fourth-order valence-electron chi connectivity index (χ4n) is 2.20. The van der Waals surface area contributed by atoms with E-state index in [0.717, 1.165) is 25.1 Å². The lowest BCUT2D eigenvalue weighted by molar-refractivity contribution is 0.123. The van der Waals surface area contributed by atoms with E-state index < -0.39 is 5.54 Å². The molecule has 1 rings (SSSR count). The van der Waals surface area contributed by atoms with Gasteiger partial charge in [0.2, 0.25) is 0 Å². The summed E-state index contributed by atoms with van der Waals surface area (Å²) >= 11 is 0. The van der Waals surface area contributed by atoms with Crippen molar-refractivity contribution in [2.45, 2.75) is 12.0 Å². The highest BCUT2D eigenvalue weighted by atomic mass is 16.5. The van der Waals surface area contributed by atoms with Gasteiger partial charge in [-0.1, -0.05) is 30.3 Å². The molecule has 0 aliphatic carbocycles. The molecule has 1 unspecified atom stereocenters. The normalized spacial score (nSPS) is 13.9. The van der Waals surface area contributed by atoms with Crippen molar-refractivity contribution in [3.63, 3.8) is 0 Å². The molecule has 0 aliphatic rings. The predicted octanol–water partition coefficient (Wildman–Crippen LogP) is 1.35. The van der Waals surface area contributed by atoms with E-state index in [0.29, 0.717) is 19.8 Å². The molecule has 1 aromatic carbocycles. The van der Waals surface area contributed by atoms with E-state index in [1.807, 2.05) is 30.3 Å². The molecule has 0 saturated carbocycles. The van der Waals surface area contributed by atoms with Crippen molar-refractivity contribution in [2.75, 3.05) is 47.1 Å². The molecule has 5 nitrogen and oxygen atoms in total. The molecule has 1 aromatic rings. The van der Waals surface area contributed by atoms with Crippen molar-refractivity contribution in [2.24, 2.45) is 5.73 Å². The lowest BCUT2D eigenvalue weighted by atomic mass is 9.92. The van der Waals surface area contributed by atoms with Gasteiger partial charge in [0.05, 0.1) is 12.7 Å². The van der Waals surface area contributed by atoms with E-state index in [9.17, 15) is 5.26 Å². The van der Waals surface area contributed by atoms with Crippen LogP contribution in [0, 0.1) is 11.3 Å². The maximum Gasteiger partial charge on any atom is 0.142 e. The number of hydrogen-bond acceptors (Lipinski definition) is 5. The third-order valence-electron chi connectivity index (χ3n) is 3.40. The van der Waals surface area contributed by atoms with E-state index in [1.54, 1.807) is 14.2 Å². The fraction of sp³-hybridized carbons (Fsp3) is 0.562. The van der Waals surface area contributed by atoms with Crippen LogP contribution in [0.1, 0.15) is 12.0 Å². The number of methoxy groups -OCH3 is 2.